The van der Waals surface area contributed by atoms with Crippen LogP contribution in [0.4, 0.5) is 8.78 Å². The third-order valence-corrected chi connectivity index (χ3v) is 2.24. The van der Waals surface area contributed by atoms with Gasteiger partial charge in [-0.1, -0.05) is 6.07 Å². The van der Waals surface area contributed by atoms with Crippen molar-refractivity contribution in [2.75, 3.05) is 6.61 Å². The van der Waals surface area contributed by atoms with Crippen LogP contribution in [0.15, 0.2) is 22.9 Å². The fraction of sp³-hybridized carbons (Fsp3) is 0.375. The summed E-state index contributed by atoms with van der Waals surface area (Å²) in [5.74, 6) is -3.32. The lowest BCUT2D eigenvalue weighted by Gasteiger charge is -2.21. The molecule has 0 aliphatic rings. The Balaban J connectivity index is 2.89. The van der Waals surface area contributed by atoms with Gasteiger partial charge in [-0.3, -0.25) is 0 Å². The first-order chi connectivity index (χ1) is 6.47. The molecule has 0 spiro atoms. The van der Waals surface area contributed by atoms with E-state index in [2.05, 4.69) is 20.9 Å². The topological polar surface area (TPSA) is 59.1 Å². The summed E-state index contributed by atoms with van der Waals surface area (Å²) in [5, 5.41) is 8.42. The summed E-state index contributed by atoms with van der Waals surface area (Å²) >= 11 is 3.07. The fourth-order valence-electron chi connectivity index (χ4n) is 0.913. The van der Waals surface area contributed by atoms with Gasteiger partial charge in [-0.25, -0.2) is 13.8 Å². The van der Waals surface area contributed by atoms with Gasteiger partial charge >= 0.3 is 0 Å². The third kappa shape index (κ3) is 2.46. The van der Waals surface area contributed by atoms with E-state index in [9.17, 15) is 8.78 Å². The number of aliphatic hydroxyl groups is 1. The van der Waals surface area contributed by atoms with Crippen molar-refractivity contribution >= 4 is 15.9 Å². The van der Waals surface area contributed by atoms with Gasteiger partial charge in [-0.05, 0) is 27.6 Å². The Kier molecular flexibility index (Phi) is 3.52. The first-order valence-corrected chi connectivity index (χ1v) is 4.62. The maximum Gasteiger partial charge on any atom is 0.289 e. The Bertz CT molecular complexity index is 305. The number of aliphatic hydroxyl groups excluding tert-OH is 1. The molecule has 6 heteroatoms. The van der Waals surface area contributed by atoms with Crippen molar-refractivity contribution in [1.29, 1.82) is 0 Å². The summed E-state index contributed by atoms with van der Waals surface area (Å²) in [6.45, 7) is -1.27. The number of alkyl halides is 2. The van der Waals surface area contributed by atoms with Crippen LogP contribution in [0.2, 0.25) is 0 Å². The summed E-state index contributed by atoms with van der Waals surface area (Å²) in [7, 11) is 0. The predicted octanol–water partition coefficient (Wildman–Crippen LogP) is 1.47. The quantitative estimate of drug-likeness (QED) is 0.815. The molecule has 0 unspecified atom stereocenters. The number of nitrogens with two attached hydrogens (primary N) is 1. The van der Waals surface area contributed by atoms with Gasteiger partial charge in [0.1, 0.15) is 11.2 Å². The second kappa shape index (κ2) is 4.29. The van der Waals surface area contributed by atoms with Crippen molar-refractivity contribution in [2.45, 2.75) is 12.0 Å². The van der Waals surface area contributed by atoms with E-state index < -0.39 is 18.6 Å². The molecule has 78 valence electrons. The standard InChI is InChI=1S/C8H9BrF2N2O/c9-6-2-1-5(3-13-6)7(12)8(10,11)4-14/h1-3,7,14H,4,12H2/t7-/m1/s1. The molecule has 0 amide bonds. The number of hydrogen-bond acceptors (Lipinski definition) is 3. The number of aromatic nitrogens is 1. The molecule has 1 atom stereocenters. The number of pyridine rings is 1. The van der Waals surface area contributed by atoms with Crippen LogP contribution in [0.25, 0.3) is 0 Å². The normalized spacial score (nSPS) is 14.1. The zero-order valence-electron chi connectivity index (χ0n) is 7.12. The van der Waals surface area contributed by atoms with Gasteiger partial charge < -0.3 is 10.8 Å². The second-order valence-corrected chi connectivity index (χ2v) is 3.62. The molecular formula is C8H9BrF2N2O. The van der Waals surface area contributed by atoms with E-state index in [1.807, 2.05) is 0 Å². The van der Waals surface area contributed by atoms with Crippen molar-refractivity contribution in [3.8, 4) is 0 Å². The first kappa shape index (κ1) is 11.5. The van der Waals surface area contributed by atoms with Crippen LogP contribution in [0.1, 0.15) is 11.6 Å². The number of halogens is 3. The lowest BCUT2D eigenvalue weighted by molar-refractivity contribution is -0.0712. The molecule has 3 N–H and O–H groups in total. The van der Waals surface area contributed by atoms with Crippen LogP contribution in [-0.4, -0.2) is 22.6 Å². The zero-order valence-corrected chi connectivity index (χ0v) is 8.71. The molecule has 0 radical (unpaired) electrons. The zero-order chi connectivity index (χ0) is 10.8. The van der Waals surface area contributed by atoms with Crippen LogP contribution < -0.4 is 5.73 Å². The highest BCUT2D eigenvalue weighted by Gasteiger charge is 2.37. The van der Waals surface area contributed by atoms with Crippen molar-refractivity contribution in [3.05, 3.63) is 28.5 Å². The monoisotopic (exact) mass is 266 g/mol. The molecule has 0 saturated carbocycles. The number of hydrogen-bond donors (Lipinski definition) is 2. The van der Waals surface area contributed by atoms with E-state index in [1.165, 1.54) is 18.3 Å². The number of rotatable bonds is 3. The smallest absolute Gasteiger partial charge is 0.289 e. The molecule has 0 aliphatic carbocycles. The Labute approximate surface area is 88.1 Å². The molecule has 1 aromatic rings. The average molecular weight is 267 g/mol. The molecule has 0 fully saturated rings. The summed E-state index contributed by atoms with van der Waals surface area (Å²) in [6, 6.07) is 1.42. The van der Waals surface area contributed by atoms with Crippen LogP contribution in [0.3, 0.4) is 0 Å². The fourth-order valence-corrected chi connectivity index (χ4v) is 1.15. The van der Waals surface area contributed by atoms with Crippen LogP contribution in [0.5, 0.6) is 0 Å². The Morgan fingerprint density at radius 3 is 2.64 bits per heavy atom. The van der Waals surface area contributed by atoms with Crippen LogP contribution in [0, 0.1) is 0 Å². The molecule has 1 aromatic heterocycles. The van der Waals surface area contributed by atoms with Crippen molar-refractivity contribution in [1.82, 2.24) is 4.98 Å². The summed E-state index contributed by atoms with van der Waals surface area (Å²) in [4.78, 5) is 3.77. The highest BCUT2D eigenvalue weighted by Crippen LogP contribution is 2.28. The molecule has 3 nitrogen and oxygen atoms in total. The van der Waals surface area contributed by atoms with Crippen LogP contribution in [-0.2, 0) is 0 Å². The molecule has 0 saturated heterocycles. The van der Waals surface area contributed by atoms with Gasteiger partial charge in [0.15, 0.2) is 0 Å². The number of nitrogens with zero attached hydrogens (tertiary/aromatic N) is 1. The summed E-state index contributed by atoms with van der Waals surface area (Å²) < 4.78 is 26.4. The Morgan fingerprint density at radius 2 is 2.21 bits per heavy atom. The molecule has 1 heterocycles. The molecule has 0 bridgehead atoms. The minimum atomic E-state index is -3.32. The Hall–Kier alpha value is -0.590. The third-order valence-electron chi connectivity index (χ3n) is 1.78. The molecule has 0 aromatic carbocycles. The molecule has 1 rings (SSSR count). The maximum absolute atomic E-state index is 12.9. The predicted molar refractivity (Wildman–Crippen MR) is 50.9 cm³/mol. The largest absolute Gasteiger partial charge is 0.390 e. The maximum atomic E-state index is 12.9. The van der Waals surface area contributed by atoms with E-state index in [1.54, 1.807) is 0 Å². The van der Waals surface area contributed by atoms with Gasteiger partial charge in [-0.2, -0.15) is 0 Å². The van der Waals surface area contributed by atoms with E-state index >= 15 is 0 Å². The SMILES string of the molecule is N[C@H](c1ccc(Br)nc1)C(F)(F)CO. The van der Waals surface area contributed by atoms with Gasteiger partial charge in [0.2, 0.25) is 0 Å². The first-order valence-electron chi connectivity index (χ1n) is 3.83. The molecule has 0 aliphatic heterocycles. The van der Waals surface area contributed by atoms with Crippen molar-refractivity contribution in [2.24, 2.45) is 5.73 Å². The van der Waals surface area contributed by atoms with Gasteiger partial charge in [0.05, 0.1) is 6.04 Å². The van der Waals surface area contributed by atoms with Gasteiger partial charge in [0, 0.05) is 6.20 Å². The molecular weight excluding hydrogens is 258 g/mol. The highest BCUT2D eigenvalue weighted by molar-refractivity contribution is 9.10. The van der Waals surface area contributed by atoms with E-state index in [0.717, 1.165) is 0 Å². The van der Waals surface area contributed by atoms with Gasteiger partial charge in [0.25, 0.3) is 5.92 Å². The Morgan fingerprint density at radius 1 is 1.57 bits per heavy atom. The minimum Gasteiger partial charge on any atom is -0.390 e. The van der Waals surface area contributed by atoms with Crippen molar-refractivity contribution in [3.63, 3.8) is 0 Å². The van der Waals surface area contributed by atoms with E-state index in [4.69, 9.17) is 10.8 Å². The highest BCUT2D eigenvalue weighted by atomic mass is 79.9. The average Bonchev–Trinajstić information content (AvgIpc) is 2.18. The van der Waals surface area contributed by atoms with Crippen molar-refractivity contribution < 1.29 is 13.9 Å². The summed E-state index contributed by atoms with van der Waals surface area (Å²) in [5.41, 5.74) is 5.46. The van der Waals surface area contributed by atoms with E-state index in [0.29, 0.717) is 4.60 Å². The lowest BCUT2D eigenvalue weighted by atomic mass is 10.0. The molecule has 14 heavy (non-hydrogen) atoms. The van der Waals surface area contributed by atoms with Crippen LogP contribution >= 0.6 is 15.9 Å². The second-order valence-electron chi connectivity index (χ2n) is 2.81. The van der Waals surface area contributed by atoms with Gasteiger partial charge in [-0.15, -0.1) is 0 Å². The summed E-state index contributed by atoms with van der Waals surface area (Å²) in [6.07, 6.45) is 1.25. The van der Waals surface area contributed by atoms with E-state index in [-0.39, 0.29) is 5.56 Å². The lowest BCUT2D eigenvalue weighted by Crippen LogP contribution is -2.36. The minimum absolute atomic E-state index is 0.187.